The lowest BCUT2D eigenvalue weighted by molar-refractivity contribution is -0.0289. The molecular formula is C42H46N4O6. The number of rotatable bonds is 14. The standard InChI is InChI=1S/C42H46N4O6/c47-37-16-14-34(35-15-17-40(49)45-41(35)37)38(48)26-43-21-18-28-8-11-32(12-9-28)51-24-4-5-29-10-13-33(30-6-2-1-3-7-30)36(25-29)44-42(50)52-39-27-46-22-19-31(39)20-23-46/h1-3,6-17,25,31,38-39,43,47-48H,4-5,18-24,26-27H2,(H,44,50)(H,45,49)/t38?,39-/m0/s1. The number of aromatic amines is 1. The molecule has 0 radical (unpaired) electrons. The number of piperidine rings is 3. The summed E-state index contributed by atoms with van der Waals surface area (Å²) in [5.74, 6) is 1.23. The molecular weight excluding hydrogens is 656 g/mol. The van der Waals surface area contributed by atoms with E-state index in [4.69, 9.17) is 9.47 Å². The number of pyridine rings is 1. The maximum absolute atomic E-state index is 13.1. The Morgan fingerprint density at radius 1 is 0.923 bits per heavy atom. The molecule has 5 N–H and O–H groups in total. The second-order valence-corrected chi connectivity index (χ2v) is 13.8. The van der Waals surface area contributed by atoms with Crippen LogP contribution in [0.25, 0.3) is 22.0 Å². The van der Waals surface area contributed by atoms with Crippen LogP contribution >= 0.6 is 0 Å². The summed E-state index contributed by atoms with van der Waals surface area (Å²) in [6.45, 7) is 4.58. The van der Waals surface area contributed by atoms with E-state index in [0.717, 1.165) is 85.4 Å². The Balaban J connectivity index is 0.870. The fourth-order valence-corrected chi connectivity index (χ4v) is 7.39. The van der Waals surface area contributed by atoms with E-state index in [1.807, 2.05) is 54.6 Å². The third-order valence-corrected chi connectivity index (χ3v) is 10.3. The van der Waals surface area contributed by atoms with Gasteiger partial charge < -0.3 is 30.0 Å². The van der Waals surface area contributed by atoms with Crippen LogP contribution < -0.4 is 20.9 Å². The average molecular weight is 703 g/mol. The molecule has 1 amide bonds. The number of aromatic nitrogens is 1. The zero-order chi connectivity index (χ0) is 35.9. The number of aromatic hydroxyl groups is 1. The molecule has 0 saturated carbocycles. The molecule has 52 heavy (non-hydrogen) atoms. The van der Waals surface area contributed by atoms with Crippen molar-refractivity contribution in [2.45, 2.75) is 44.3 Å². The van der Waals surface area contributed by atoms with E-state index in [-0.39, 0.29) is 17.4 Å². The van der Waals surface area contributed by atoms with E-state index in [1.165, 1.54) is 12.1 Å². The Labute approximate surface area is 303 Å². The molecule has 2 bridgehead atoms. The van der Waals surface area contributed by atoms with Crippen LogP contribution in [0.3, 0.4) is 0 Å². The number of aryl methyl sites for hydroxylation is 1. The second-order valence-electron chi connectivity index (χ2n) is 13.8. The highest BCUT2D eigenvalue weighted by Gasteiger charge is 2.36. The van der Waals surface area contributed by atoms with Gasteiger partial charge in [-0.05, 0) is 110 Å². The number of nitrogens with one attached hydrogen (secondary N) is 3. The molecule has 5 aromatic rings. The number of ether oxygens (including phenoxy) is 2. The Bertz CT molecular complexity index is 2030. The first-order valence-corrected chi connectivity index (χ1v) is 18.2. The topological polar surface area (TPSA) is 136 Å². The first kappa shape index (κ1) is 35.3. The quantitative estimate of drug-likeness (QED) is 0.0837. The van der Waals surface area contributed by atoms with Crippen molar-refractivity contribution in [3.63, 3.8) is 0 Å². The maximum atomic E-state index is 13.1. The zero-order valence-electron chi connectivity index (χ0n) is 29.2. The van der Waals surface area contributed by atoms with Crippen molar-refractivity contribution in [1.29, 1.82) is 0 Å². The van der Waals surface area contributed by atoms with Gasteiger partial charge in [0.25, 0.3) is 0 Å². The van der Waals surface area contributed by atoms with Crippen molar-refractivity contribution in [3.8, 4) is 22.6 Å². The molecule has 10 nitrogen and oxygen atoms in total. The predicted molar refractivity (Wildman–Crippen MR) is 203 cm³/mol. The minimum Gasteiger partial charge on any atom is -0.506 e. The Hall–Kier alpha value is -5.16. The van der Waals surface area contributed by atoms with Crippen LogP contribution in [0.4, 0.5) is 10.5 Å². The van der Waals surface area contributed by atoms with Gasteiger partial charge >= 0.3 is 6.09 Å². The van der Waals surface area contributed by atoms with Crippen molar-refractivity contribution in [3.05, 3.63) is 124 Å². The number of hydrogen-bond acceptors (Lipinski definition) is 8. The lowest BCUT2D eigenvalue weighted by Crippen LogP contribution is -2.52. The molecule has 4 heterocycles. The van der Waals surface area contributed by atoms with Crippen LogP contribution in [0.1, 0.15) is 42.1 Å². The highest BCUT2D eigenvalue weighted by atomic mass is 16.6. The number of hydrogen-bond donors (Lipinski definition) is 5. The van der Waals surface area contributed by atoms with Gasteiger partial charge in [0.15, 0.2) is 0 Å². The number of carbonyl (C=O) groups is 1. The molecule has 3 fully saturated rings. The molecule has 4 aromatic carbocycles. The molecule has 0 spiro atoms. The van der Waals surface area contributed by atoms with Crippen molar-refractivity contribution < 1.29 is 24.5 Å². The van der Waals surface area contributed by atoms with Gasteiger partial charge in [0.2, 0.25) is 5.56 Å². The van der Waals surface area contributed by atoms with Crippen molar-refractivity contribution >= 4 is 22.7 Å². The average Bonchev–Trinajstić information content (AvgIpc) is 3.17. The number of amides is 1. The Morgan fingerprint density at radius 2 is 1.71 bits per heavy atom. The highest BCUT2D eigenvalue weighted by Crippen LogP contribution is 2.33. The monoisotopic (exact) mass is 702 g/mol. The number of nitrogens with zero attached hydrogens (tertiary/aromatic N) is 1. The van der Waals surface area contributed by atoms with Crippen LogP contribution in [0, 0.1) is 5.92 Å². The zero-order valence-corrected chi connectivity index (χ0v) is 29.2. The third kappa shape index (κ3) is 8.65. The van der Waals surface area contributed by atoms with Crippen LogP contribution in [0.2, 0.25) is 0 Å². The summed E-state index contributed by atoms with van der Waals surface area (Å²) in [7, 11) is 0. The first-order valence-electron chi connectivity index (χ1n) is 18.2. The summed E-state index contributed by atoms with van der Waals surface area (Å²) >= 11 is 0. The van der Waals surface area contributed by atoms with Gasteiger partial charge in [-0.3, -0.25) is 15.0 Å². The number of phenols is 1. The van der Waals surface area contributed by atoms with E-state index in [9.17, 15) is 19.8 Å². The van der Waals surface area contributed by atoms with E-state index in [1.54, 1.807) is 12.1 Å². The largest absolute Gasteiger partial charge is 0.506 e. The number of carbonyl (C=O) groups excluding carboxylic acids is 1. The number of benzene rings is 4. The van der Waals surface area contributed by atoms with Crippen molar-refractivity contribution in [2.24, 2.45) is 5.92 Å². The van der Waals surface area contributed by atoms with Crippen molar-refractivity contribution in [1.82, 2.24) is 15.2 Å². The third-order valence-electron chi connectivity index (χ3n) is 10.3. The minimum atomic E-state index is -0.800. The fraction of sp³-hybridized carbons (Fsp3) is 0.333. The van der Waals surface area contributed by atoms with Gasteiger partial charge in [0.05, 0.1) is 23.9 Å². The summed E-state index contributed by atoms with van der Waals surface area (Å²) in [6, 6.07) is 30.5. The summed E-state index contributed by atoms with van der Waals surface area (Å²) in [6.07, 6.45) is 3.32. The number of anilines is 1. The van der Waals surface area contributed by atoms with Gasteiger partial charge in [-0.2, -0.15) is 0 Å². The molecule has 3 aliphatic heterocycles. The minimum absolute atomic E-state index is 0.0286. The summed E-state index contributed by atoms with van der Waals surface area (Å²) < 4.78 is 12.0. The summed E-state index contributed by atoms with van der Waals surface area (Å²) in [4.78, 5) is 29.8. The van der Waals surface area contributed by atoms with E-state index >= 15 is 0 Å². The number of aliphatic hydroxyl groups is 1. The maximum Gasteiger partial charge on any atom is 0.411 e. The molecule has 270 valence electrons. The molecule has 10 heteroatoms. The van der Waals surface area contributed by atoms with Gasteiger partial charge in [-0.25, -0.2) is 4.79 Å². The molecule has 8 rings (SSSR count). The number of fused-ring (bicyclic) bond motifs is 4. The number of aliphatic hydroxyl groups excluding tert-OH is 1. The van der Waals surface area contributed by atoms with E-state index in [0.29, 0.717) is 42.1 Å². The fourth-order valence-electron chi connectivity index (χ4n) is 7.39. The molecule has 3 saturated heterocycles. The van der Waals surface area contributed by atoms with Crippen LogP contribution in [-0.2, 0) is 17.6 Å². The van der Waals surface area contributed by atoms with Crippen molar-refractivity contribution in [2.75, 3.05) is 44.6 Å². The van der Waals surface area contributed by atoms with Gasteiger partial charge in [-0.15, -0.1) is 0 Å². The van der Waals surface area contributed by atoms with Crippen LogP contribution in [0.15, 0.2) is 102 Å². The lowest BCUT2D eigenvalue weighted by atomic mass is 9.86. The van der Waals surface area contributed by atoms with Gasteiger partial charge in [0.1, 0.15) is 17.6 Å². The predicted octanol–water partition coefficient (Wildman–Crippen LogP) is 6.42. The SMILES string of the molecule is O=C(Nc1cc(CCCOc2ccc(CCNCC(O)c3ccc(O)c4[nH]c(=O)ccc34)cc2)ccc1-c1ccccc1)O[C@H]1CN2CCC1CC2. The van der Waals surface area contributed by atoms with Crippen LogP contribution in [-0.4, -0.2) is 71.6 Å². The molecule has 1 unspecified atom stereocenters. The smallest absolute Gasteiger partial charge is 0.411 e. The Kier molecular flexibility index (Phi) is 11.2. The first-order chi connectivity index (χ1) is 25.4. The van der Waals surface area contributed by atoms with E-state index in [2.05, 4.69) is 38.7 Å². The number of phenolic OH excluding ortho intramolecular Hbond substituents is 1. The Morgan fingerprint density at radius 3 is 2.48 bits per heavy atom. The molecule has 0 aliphatic carbocycles. The molecule has 2 atom stereocenters. The molecule has 3 aliphatic rings. The lowest BCUT2D eigenvalue weighted by Gasteiger charge is -2.43. The number of H-pyrrole nitrogens is 1. The van der Waals surface area contributed by atoms with Crippen LogP contribution in [0.5, 0.6) is 11.5 Å². The highest BCUT2D eigenvalue weighted by molar-refractivity contribution is 5.92. The summed E-state index contributed by atoms with van der Waals surface area (Å²) in [5.41, 5.74) is 5.66. The summed E-state index contributed by atoms with van der Waals surface area (Å²) in [5, 5.41) is 27.9. The second kappa shape index (κ2) is 16.5. The van der Waals surface area contributed by atoms with Gasteiger partial charge in [0, 0.05) is 30.1 Å². The molecule has 1 aromatic heterocycles. The normalized spacial score (nSPS) is 18.6. The van der Waals surface area contributed by atoms with Gasteiger partial charge in [-0.1, -0.05) is 60.7 Å². The van der Waals surface area contributed by atoms with E-state index < -0.39 is 12.2 Å².